The predicted molar refractivity (Wildman–Crippen MR) is 105 cm³/mol. The number of carbonyl (C=O) groups is 3. The highest BCUT2D eigenvalue weighted by Crippen LogP contribution is 2.38. The van der Waals surface area contributed by atoms with Crippen molar-refractivity contribution < 1.29 is 28.6 Å². The quantitative estimate of drug-likeness (QED) is 0.405. The number of amides is 2. The van der Waals surface area contributed by atoms with Crippen molar-refractivity contribution >= 4 is 17.8 Å². The average Bonchev–Trinajstić information content (AvgIpc) is 2.96. The van der Waals surface area contributed by atoms with Gasteiger partial charge in [-0.1, -0.05) is 32.0 Å². The number of imide groups is 1. The van der Waals surface area contributed by atoms with E-state index in [1.807, 2.05) is 13.8 Å². The number of benzene rings is 2. The number of carbonyl (C=O) groups excluding carboxylic acids is 3. The first-order chi connectivity index (χ1) is 13.9. The maximum atomic E-state index is 13.1. The Labute approximate surface area is 169 Å². The van der Waals surface area contributed by atoms with E-state index in [4.69, 9.17) is 14.2 Å². The maximum Gasteiger partial charge on any atom is 0.335 e. The Balaban J connectivity index is 1.96. The molecule has 0 aromatic heterocycles. The Bertz CT molecular complexity index is 895. The summed E-state index contributed by atoms with van der Waals surface area (Å²) in [6.07, 6.45) is 0.266. The third-order valence-corrected chi connectivity index (χ3v) is 4.69. The lowest BCUT2D eigenvalue weighted by Gasteiger charge is -2.26. The Morgan fingerprint density at radius 3 is 1.86 bits per heavy atom. The summed E-state index contributed by atoms with van der Waals surface area (Å²) in [6.45, 7) is 3.81. The van der Waals surface area contributed by atoms with Crippen LogP contribution in [0.4, 0.5) is 0 Å². The molecule has 3 rings (SSSR count). The zero-order valence-corrected chi connectivity index (χ0v) is 16.8. The van der Waals surface area contributed by atoms with Crippen molar-refractivity contribution in [2.45, 2.75) is 26.3 Å². The summed E-state index contributed by atoms with van der Waals surface area (Å²) in [5.41, 5.74) is 0.572. The smallest absolute Gasteiger partial charge is 0.335 e. The van der Waals surface area contributed by atoms with Gasteiger partial charge in [0.15, 0.2) is 11.5 Å². The van der Waals surface area contributed by atoms with Crippen LogP contribution in [0.3, 0.4) is 0 Å². The number of fused-ring (bicyclic) bond motifs is 1. The lowest BCUT2D eigenvalue weighted by molar-refractivity contribution is -0.139. The molecule has 1 heterocycles. The highest BCUT2D eigenvalue weighted by molar-refractivity contribution is 6.22. The van der Waals surface area contributed by atoms with Crippen LogP contribution in [0.15, 0.2) is 42.5 Å². The first kappa shape index (κ1) is 20.4. The molecule has 0 N–H and O–H groups in total. The minimum absolute atomic E-state index is 0.0384. The molecule has 1 atom stereocenters. The van der Waals surface area contributed by atoms with Crippen molar-refractivity contribution in [2.75, 3.05) is 14.2 Å². The van der Waals surface area contributed by atoms with Crippen LogP contribution in [0.25, 0.3) is 0 Å². The maximum absolute atomic E-state index is 13.1. The molecule has 0 spiro atoms. The predicted octanol–water partition coefficient (Wildman–Crippen LogP) is 3.32. The molecule has 0 bridgehead atoms. The fourth-order valence-corrected chi connectivity index (χ4v) is 3.33. The Hall–Kier alpha value is -3.35. The number of para-hydroxylation sites is 1. The number of hydrogen-bond acceptors (Lipinski definition) is 6. The zero-order valence-electron chi connectivity index (χ0n) is 16.8. The van der Waals surface area contributed by atoms with Crippen molar-refractivity contribution in [1.29, 1.82) is 0 Å². The van der Waals surface area contributed by atoms with E-state index in [9.17, 15) is 14.4 Å². The lowest BCUT2D eigenvalue weighted by Crippen LogP contribution is -2.47. The van der Waals surface area contributed by atoms with E-state index in [1.54, 1.807) is 42.5 Å². The van der Waals surface area contributed by atoms with Crippen molar-refractivity contribution in [2.24, 2.45) is 5.92 Å². The molecular weight excluding hydrogens is 374 g/mol. The van der Waals surface area contributed by atoms with E-state index in [0.29, 0.717) is 11.5 Å². The molecule has 2 amide bonds. The molecule has 0 aliphatic carbocycles. The van der Waals surface area contributed by atoms with Gasteiger partial charge in [0, 0.05) is 0 Å². The van der Waals surface area contributed by atoms with E-state index in [2.05, 4.69) is 0 Å². The molecule has 0 saturated carbocycles. The standard InChI is InChI=1S/C22H23NO6/c1-13(2)12-16(23-20(24)14-8-5-6-9-15(14)21(23)25)22(26)29-19-17(27-3)10-7-11-18(19)28-4/h5-11,13,16H,12H2,1-4H3/t16-/m0/s1. The van der Waals surface area contributed by atoms with Gasteiger partial charge < -0.3 is 14.2 Å². The van der Waals surface area contributed by atoms with Crippen LogP contribution in [-0.2, 0) is 4.79 Å². The molecule has 0 fully saturated rings. The second kappa shape index (κ2) is 8.34. The first-order valence-electron chi connectivity index (χ1n) is 9.28. The molecule has 29 heavy (non-hydrogen) atoms. The molecule has 1 aliphatic rings. The summed E-state index contributed by atoms with van der Waals surface area (Å²) in [7, 11) is 2.89. The second-order valence-corrected chi connectivity index (χ2v) is 7.08. The summed E-state index contributed by atoms with van der Waals surface area (Å²) in [4.78, 5) is 39.9. The summed E-state index contributed by atoms with van der Waals surface area (Å²) in [5, 5.41) is 0. The second-order valence-electron chi connectivity index (χ2n) is 7.08. The number of ether oxygens (including phenoxy) is 3. The van der Waals surface area contributed by atoms with Crippen LogP contribution in [0.5, 0.6) is 17.2 Å². The molecule has 7 nitrogen and oxygen atoms in total. The summed E-state index contributed by atoms with van der Waals surface area (Å²) >= 11 is 0. The van der Waals surface area contributed by atoms with E-state index in [1.165, 1.54) is 14.2 Å². The summed E-state index contributed by atoms with van der Waals surface area (Å²) in [6, 6.07) is 10.4. The van der Waals surface area contributed by atoms with Gasteiger partial charge in [-0.3, -0.25) is 14.5 Å². The highest BCUT2D eigenvalue weighted by atomic mass is 16.6. The van der Waals surface area contributed by atoms with Crippen LogP contribution >= 0.6 is 0 Å². The molecular formula is C22H23NO6. The van der Waals surface area contributed by atoms with Gasteiger partial charge in [-0.15, -0.1) is 0 Å². The van der Waals surface area contributed by atoms with Crippen LogP contribution in [0, 0.1) is 5.92 Å². The number of esters is 1. The van der Waals surface area contributed by atoms with E-state index < -0.39 is 23.8 Å². The molecule has 0 radical (unpaired) electrons. The van der Waals surface area contributed by atoms with E-state index >= 15 is 0 Å². The minimum atomic E-state index is -1.07. The van der Waals surface area contributed by atoms with Crippen LogP contribution < -0.4 is 14.2 Å². The van der Waals surface area contributed by atoms with Gasteiger partial charge in [0.05, 0.1) is 25.3 Å². The fraction of sp³-hybridized carbons (Fsp3) is 0.318. The van der Waals surface area contributed by atoms with Gasteiger partial charge in [0.2, 0.25) is 5.75 Å². The summed E-state index contributed by atoms with van der Waals surface area (Å²) in [5.74, 6) is -0.965. The molecule has 1 aliphatic heterocycles. The number of methoxy groups -OCH3 is 2. The van der Waals surface area contributed by atoms with Crippen LogP contribution in [-0.4, -0.2) is 42.9 Å². The largest absolute Gasteiger partial charge is 0.493 e. The van der Waals surface area contributed by atoms with Gasteiger partial charge in [-0.2, -0.15) is 0 Å². The molecule has 7 heteroatoms. The Morgan fingerprint density at radius 2 is 1.41 bits per heavy atom. The Morgan fingerprint density at radius 1 is 0.897 bits per heavy atom. The number of rotatable bonds is 7. The average molecular weight is 397 g/mol. The number of nitrogens with zero attached hydrogens (tertiary/aromatic N) is 1. The van der Waals surface area contributed by atoms with Gasteiger partial charge in [-0.05, 0) is 36.6 Å². The minimum Gasteiger partial charge on any atom is -0.493 e. The highest BCUT2D eigenvalue weighted by Gasteiger charge is 2.44. The van der Waals surface area contributed by atoms with Crippen LogP contribution in [0.1, 0.15) is 41.0 Å². The fourth-order valence-electron chi connectivity index (χ4n) is 3.33. The van der Waals surface area contributed by atoms with Gasteiger partial charge >= 0.3 is 5.97 Å². The van der Waals surface area contributed by atoms with Crippen molar-refractivity contribution in [1.82, 2.24) is 4.90 Å². The topological polar surface area (TPSA) is 82.1 Å². The van der Waals surface area contributed by atoms with Gasteiger partial charge in [-0.25, -0.2) is 4.79 Å². The molecule has 2 aromatic carbocycles. The van der Waals surface area contributed by atoms with Crippen molar-refractivity contribution in [3.63, 3.8) is 0 Å². The monoisotopic (exact) mass is 397 g/mol. The SMILES string of the molecule is COc1cccc(OC)c1OC(=O)[C@H](CC(C)C)N1C(=O)c2ccccc2C1=O. The first-order valence-corrected chi connectivity index (χ1v) is 9.28. The molecule has 0 saturated heterocycles. The van der Waals surface area contributed by atoms with Gasteiger partial charge in [0.1, 0.15) is 6.04 Å². The van der Waals surface area contributed by atoms with Gasteiger partial charge in [0.25, 0.3) is 11.8 Å². The van der Waals surface area contributed by atoms with Crippen molar-refractivity contribution in [3.8, 4) is 17.2 Å². The van der Waals surface area contributed by atoms with Crippen LogP contribution in [0.2, 0.25) is 0 Å². The summed E-state index contributed by atoms with van der Waals surface area (Å²) < 4.78 is 16.1. The molecule has 152 valence electrons. The zero-order chi connectivity index (χ0) is 21.1. The third kappa shape index (κ3) is 3.81. The lowest BCUT2D eigenvalue weighted by atomic mass is 10.0. The third-order valence-electron chi connectivity index (χ3n) is 4.69. The Kier molecular flexibility index (Phi) is 5.87. The molecule has 0 unspecified atom stereocenters. The van der Waals surface area contributed by atoms with Crippen molar-refractivity contribution in [3.05, 3.63) is 53.6 Å². The van der Waals surface area contributed by atoms with E-state index in [-0.39, 0.29) is 29.2 Å². The normalized spacial score (nSPS) is 14.0. The number of hydrogen-bond donors (Lipinski definition) is 0. The van der Waals surface area contributed by atoms with E-state index in [0.717, 1.165) is 4.90 Å². The molecule has 2 aromatic rings.